The summed E-state index contributed by atoms with van der Waals surface area (Å²) >= 11 is 0. The van der Waals surface area contributed by atoms with Gasteiger partial charge in [0.15, 0.2) is 11.5 Å². The minimum absolute atomic E-state index is 0.0674. The second-order valence-electron chi connectivity index (χ2n) is 4.81. The van der Waals surface area contributed by atoms with Crippen molar-refractivity contribution in [2.75, 3.05) is 33.1 Å². The molecule has 0 aliphatic rings. The van der Waals surface area contributed by atoms with Crippen LogP contribution >= 0.6 is 0 Å². The Morgan fingerprint density at radius 1 is 1.22 bits per heavy atom. The number of hydrogen-bond donors (Lipinski definition) is 2. The lowest BCUT2D eigenvalue weighted by atomic mass is 10.1. The molecule has 0 spiro atoms. The number of nitrogens with zero attached hydrogens (tertiary/aromatic N) is 1. The van der Waals surface area contributed by atoms with Crippen LogP contribution in [0.3, 0.4) is 0 Å². The highest BCUT2D eigenvalue weighted by Crippen LogP contribution is 2.36. The van der Waals surface area contributed by atoms with Gasteiger partial charge in [0.1, 0.15) is 0 Å². The van der Waals surface area contributed by atoms with E-state index >= 15 is 0 Å². The molecular weight excluding hydrogens is 304 g/mol. The predicted octanol–water partition coefficient (Wildman–Crippen LogP) is 1.21. The van der Waals surface area contributed by atoms with Crippen LogP contribution in [0.25, 0.3) is 0 Å². The summed E-state index contributed by atoms with van der Waals surface area (Å²) in [4.78, 5) is 35.6. The Morgan fingerprint density at radius 2 is 1.87 bits per heavy atom. The number of ether oxygens (including phenoxy) is 2. The monoisotopic (exact) mass is 324 g/mol. The minimum Gasteiger partial charge on any atom is -0.493 e. The number of benzene rings is 1. The molecule has 1 rings (SSSR count). The summed E-state index contributed by atoms with van der Waals surface area (Å²) < 4.78 is 10.4. The van der Waals surface area contributed by atoms with E-state index in [2.05, 4.69) is 5.32 Å². The first-order chi connectivity index (χ1) is 10.8. The Hall–Kier alpha value is -2.77. The normalized spacial score (nSPS) is 9.91. The molecule has 1 aromatic rings. The highest BCUT2D eigenvalue weighted by molar-refractivity contribution is 5.99. The summed E-state index contributed by atoms with van der Waals surface area (Å²) in [5.74, 6) is -1.12. The van der Waals surface area contributed by atoms with E-state index in [1.165, 1.54) is 45.2 Å². The van der Waals surface area contributed by atoms with Gasteiger partial charge in [-0.3, -0.25) is 14.4 Å². The summed E-state index contributed by atoms with van der Waals surface area (Å²) in [7, 11) is 4.33. The third kappa shape index (κ3) is 4.87. The number of hydrogen-bond acceptors (Lipinski definition) is 5. The molecule has 0 radical (unpaired) electrons. The Kier molecular flexibility index (Phi) is 6.37. The fourth-order valence-electron chi connectivity index (χ4n) is 1.96. The van der Waals surface area contributed by atoms with Crippen molar-refractivity contribution < 1.29 is 29.0 Å². The number of rotatable bonds is 7. The van der Waals surface area contributed by atoms with Gasteiger partial charge in [-0.05, 0) is 12.1 Å². The summed E-state index contributed by atoms with van der Waals surface area (Å²) in [6.45, 7) is 1.40. The number of carbonyl (C=O) groups excluding carboxylic acids is 2. The molecule has 0 bridgehead atoms. The summed E-state index contributed by atoms with van der Waals surface area (Å²) in [5, 5.41) is 11.3. The minimum atomic E-state index is -0.990. The van der Waals surface area contributed by atoms with Gasteiger partial charge >= 0.3 is 5.97 Å². The molecule has 0 heterocycles. The van der Waals surface area contributed by atoms with Crippen molar-refractivity contribution >= 4 is 23.5 Å². The molecule has 0 saturated carbocycles. The smallest absolute Gasteiger partial charge is 0.305 e. The number of methoxy groups -OCH3 is 2. The Bertz CT molecular complexity index is 614. The fraction of sp³-hybridized carbons (Fsp3) is 0.400. The maximum atomic E-state index is 12.4. The second-order valence-corrected chi connectivity index (χ2v) is 4.81. The van der Waals surface area contributed by atoms with Crippen LogP contribution in [0, 0.1) is 0 Å². The van der Waals surface area contributed by atoms with Crippen LogP contribution in [0.15, 0.2) is 12.1 Å². The van der Waals surface area contributed by atoms with E-state index in [1.807, 2.05) is 0 Å². The van der Waals surface area contributed by atoms with E-state index in [1.54, 1.807) is 0 Å². The summed E-state index contributed by atoms with van der Waals surface area (Å²) in [6.07, 6.45) is -0.159. The van der Waals surface area contributed by atoms with Crippen molar-refractivity contribution in [2.45, 2.75) is 13.3 Å². The largest absolute Gasteiger partial charge is 0.493 e. The van der Waals surface area contributed by atoms with Gasteiger partial charge < -0.3 is 24.8 Å². The first kappa shape index (κ1) is 18.3. The second kappa shape index (κ2) is 8.02. The van der Waals surface area contributed by atoms with Crippen LogP contribution in [0.4, 0.5) is 5.69 Å². The predicted molar refractivity (Wildman–Crippen MR) is 83.1 cm³/mol. The van der Waals surface area contributed by atoms with Crippen molar-refractivity contribution in [3.05, 3.63) is 17.7 Å². The van der Waals surface area contributed by atoms with Crippen LogP contribution in [0.5, 0.6) is 11.5 Å². The van der Waals surface area contributed by atoms with Crippen LogP contribution in [0.2, 0.25) is 0 Å². The standard InChI is InChI=1S/C15H20N2O6/c1-9(18)16-11-7-10(8-12(22-3)14(11)23-4)15(21)17(2)6-5-13(19)20/h7-8H,5-6H2,1-4H3,(H,16,18)(H,19,20). The first-order valence-corrected chi connectivity index (χ1v) is 6.81. The van der Waals surface area contributed by atoms with Crippen molar-refractivity contribution in [2.24, 2.45) is 0 Å². The van der Waals surface area contributed by atoms with Gasteiger partial charge in [-0.15, -0.1) is 0 Å². The molecule has 0 unspecified atom stereocenters. The van der Waals surface area contributed by atoms with Crippen LogP contribution < -0.4 is 14.8 Å². The Labute approximate surface area is 134 Å². The van der Waals surface area contributed by atoms with E-state index in [4.69, 9.17) is 14.6 Å². The van der Waals surface area contributed by atoms with E-state index < -0.39 is 5.97 Å². The summed E-state index contributed by atoms with van der Waals surface area (Å²) in [5.41, 5.74) is 0.550. The van der Waals surface area contributed by atoms with Crippen molar-refractivity contribution in [3.8, 4) is 11.5 Å². The molecule has 0 fully saturated rings. The maximum Gasteiger partial charge on any atom is 0.305 e. The molecule has 2 N–H and O–H groups in total. The first-order valence-electron chi connectivity index (χ1n) is 6.81. The quantitative estimate of drug-likeness (QED) is 0.781. The number of amides is 2. The van der Waals surface area contributed by atoms with Crippen LogP contribution in [0.1, 0.15) is 23.7 Å². The van der Waals surface area contributed by atoms with E-state index in [0.717, 1.165) is 0 Å². The zero-order valence-corrected chi connectivity index (χ0v) is 13.5. The van der Waals surface area contributed by atoms with Gasteiger partial charge in [0, 0.05) is 26.1 Å². The van der Waals surface area contributed by atoms with Gasteiger partial charge in [0.2, 0.25) is 5.91 Å². The number of carboxylic acids is 1. The zero-order chi connectivity index (χ0) is 17.6. The van der Waals surface area contributed by atoms with E-state index in [-0.39, 0.29) is 36.1 Å². The molecule has 0 aliphatic carbocycles. The topological polar surface area (TPSA) is 105 Å². The fourth-order valence-corrected chi connectivity index (χ4v) is 1.96. The molecule has 23 heavy (non-hydrogen) atoms. The zero-order valence-electron chi connectivity index (χ0n) is 13.5. The lowest BCUT2D eigenvalue weighted by Crippen LogP contribution is -2.29. The van der Waals surface area contributed by atoms with Gasteiger partial charge in [-0.1, -0.05) is 0 Å². The Balaban J connectivity index is 3.17. The Morgan fingerprint density at radius 3 is 2.35 bits per heavy atom. The lowest BCUT2D eigenvalue weighted by molar-refractivity contribution is -0.137. The molecule has 0 saturated heterocycles. The molecular formula is C15H20N2O6. The van der Waals surface area contributed by atoms with Crippen molar-refractivity contribution in [1.82, 2.24) is 4.90 Å². The van der Waals surface area contributed by atoms with Gasteiger partial charge in [0.25, 0.3) is 5.91 Å². The average Bonchev–Trinajstić information content (AvgIpc) is 2.50. The highest BCUT2D eigenvalue weighted by atomic mass is 16.5. The van der Waals surface area contributed by atoms with E-state index in [9.17, 15) is 14.4 Å². The molecule has 8 heteroatoms. The van der Waals surface area contributed by atoms with Gasteiger partial charge in [-0.2, -0.15) is 0 Å². The summed E-state index contributed by atoms with van der Waals surface area (Å²) in [6, 6.07) is 2.94. The molecule has 2 amide bonds. The number of anilines is 1. The van der Waals surface area contributed by atoms with Crippen LogP contribution in [-0.2, 0) is 9.59 Å². The van der Waals surface area contributed by atoms with Gasteiger partial charge in [-0.25, -0.2) is 0 Å². The number of carbonyl (C=O) groups is 3. The average molecular weight is 324 g/mol. The molecule has 0 atom stereocenters. The van der Waals surface area contributed by atoms with Crippen molar-refractivity contribution in [3.63, 3.8) is 0 Å². The number of nitrogens with one attached hydrogen (secondary N) is 1. The molecule has 1 aromatic carbocycles. The maximum absolute atomic E-state index is 12.4. The van der Waals surface area contributed by atoms with Gasteiger partial charge in [0.05, 0.1) is 26.3 Å². The van der Waals surface area contributed by atoms with E-state index in [0.29, 0.717) is 11.4 Å². The number of aliphatic carboxylic acids is 1. The molecule has 8 nitrogen and oxygen atoms in total. The third-order valence-corrected chi connectivity index (χ3v) is 3.04. The molecule has 0 aromatic heterocycles. The highest BCUT2D eigenvalue weighted by Gasteiger charge is 2.19. The molecule has 0 aliphatic heterocycles. The van der Waals surface area contributed by atoms with Crippen LogP contribution in [-0.4, -0.2) is 55.6 Å². The molecule has 126 valence electrons. The van der Waals surface area contributed by atoms with Crippen molar-refractivity contribution in [1.29, 1.82) is 0 Å². The third-order valence-electron chi connectivity index (χ3n) is 3.04. The number of carboxylic acid groups (broad SMARTS) is 1. The SMILES string of the molecule is COc1cc(C(=O)N(C)CCC(=O)O)cc(NC(C)=O)c1OC. The lowest BCUT2D eigenvalue weighted by Gasteiger charge is -2.19.